The first-order valence-corrected chi connectivity index (χ1v) is 11.4. The van der Waals surface area contributed by atoms with Gasteiger partial charge in [-0.1, -0.05) is 48.5 Å². The van der Waals surface area contributed by atoms with E-state index in [1.54, 1.807) is 6.20 Å². The molecular formula is C25H30N6O5. The predicted octanol–water partition coefficient (Wildman–Crippen LogP) is -1.16. The van der Waals surface area contributed by atoms with E-state index in [9.17, 15) is 24.3 Å². The maximum atomic E-state index is 13.2. The zero-order valence-electron chi connectivity index (χ0n) is 19.6. The average Bonchev–Trinajstić information content (AvgIpc) is 3.28. The summed E-state index contributed by atoms with van der Waals surface area (Å²) in [6, 6.07) is 13.3. The molecule has 2 aromatic carbocycles. The molecule has 11 heteroatoms. The number of carbonyl (C=O) groups is 4. The van der Waals surface area contributed by atoms with E-state index >= 15 is 0 Å². The molecule has 0 spiro atoms. The number of fused-ring (bicyclic) bond motifs is 1. The summed E-state index contributed by atoms with van der Waals surface area (Å²) in [6.07, 6.45) is 2.10. The molecule has 11 nitrogen and oxygen atoms in total. The van der Waals surface area contributed by atoms with Gasteiger partial charge in [-0.05, 0) is 23.6 Å². The van der Waals surface area contributed by atoms with Gasteiger partial charge in [-0.15, -0.1) is 0 Å². The Morgan fingerprint density at radius 1 is 0.861 bits per heavy atom. The number of aromatic amines is 1. The first-order chi connectivity index (χ1) is 17.3. The minimum absolute atomic E-state index is 0.0979. The molecule has 0 bridgehead atoms. The molecule has 190 valence electrons. The van der Waals surface area contributed by atoms with Crippen LogP contribution in [0.3, 0.4) is 0 Å². The summed E-state index contributed by atoms with van der Waals surface area (Å²) in [5, 5.41) is 17.8. The van der Waals surface area contributed by atoms with E-state index in [0.29, 0.717) is 0 Å². The third kappa shape index (κ3) is 7.14. The Morgan fingerprint density at radius 3 is 2.22 bits per heavy atom. The van der Waals surface area contributed by atoms with Crippen LogP contribution in [0.1, 0.15) is 11.1 Å². The maximum absolute atomic E-state index is 13.2. The summed E-state index contributed by atoms with van der Waals surface area (Å²) in [7, 11) is 0. The number of aliphatic hydroxyl groups excluding tert-OH is 1. The van der Waals surface area contributed by atoms with E-state index in [0.717, 1.165) is 22.0 Å². The number of aromatic nitrogens is 1. The molecule has 0 saturated carbocycles. The van der Waals surface area contributed by atoms with Crippen molar-refractivity contribution in [3.05, 3.63) is 71.9 Å². The van der Waals surface area contributed by atoms with Crippen molar-refractivity contribution in [1.82, 2.24) is 20.9 Å². The largest absolute Gasteiger partial charge is 0.394 e. The second-order valence-corrected chi connectivity index (χ2v) is 8.35. The van der Waals surface area contributed by atoms with Crippen molar-refractivity contribution in [2.75, 3.05) is 13.2 Å². The fraction of sp³-hybridized carbons (Fsp3) is 0.280. The number of H-pyrrole nitrogens is 1. The smallest absolute Gasteiger partial charge is 0.245 e. The van der Waals surface area contributed by atoms with Crippen molar-refractivity contribution in [2.24, 2.45) is 11.5 Å². The number of benzene rings is 2. The SMILES string of the molecule is NC(=O)CNC(=O)[C@H](CO)NC(=O)[C@H](Cc1c[nH]c2ccccc12)NC(=O)[C@@H](N)Cc1ccccc1. The van der Waals surface area contributed by atoms with Crippen LogP contribution in [0.5, 0.6) is 0 Å². The van der Waals surface area contributed by atoms with Gasteiger partial charge in [0.15, 0.2) is 0 Å². The minimum Gasteiger partial charge on any atom is -0.394 e. The Bertz CT molecular complexity index is 1210. The van der Waals surface area contributed by atoms with Gasteiger partial charge in [0.05, 0.1) is 19.2 Å². The molecule has 9 N–H and O–H groups in total. The molecule has 0 unspecified atom stereocenters. The highest BCUT2D eigenvalue weighted by molar-refractivity contribution is 5.94. The zero-order chi connectivity index (χ0) is 26.1. The van der Waals surface area contributed by atoms with Gasteiger partial charge in [-0.2, -0.15) is 0 Å². The second kappa shape index (κ2) is 12.5. The van der Waals surface area contributed by atoms with E-state index in [-0.39, 0.29) is 12.8 Å². The fourth-order valence-electron chi connectivity index (χ4n) is 3.73. The number of amides is 4. The van der Waals surface area contributed by atoms with Crippen LogP contribution in [0.4, 0.5) is 0 Å². The number of nitrogens with two attached hydrogens (primary N) is 2. The van der Waals surface area contributed by atoms with Crippen LogP contribution in [-0.4, -0.2) is 65.0 Å². The monoisotopic (exact) mass is 494 g/mol. The van der Waals surface area contributed by atoms with Crippen molar-refractivity contribution < 1.29 is 24.3 Å². The molecule has 0 radical (unpaired) electrons. The molecule has 0 aliphatic rings. The van der Waals surface area contributed by atoms with Gasteiger partial charge in [0, 0.05) is 23.5 Å². The van der Waals surface area contributed by atoms with Gasteiger partial charge in [0.25, 0.3) is 0 Å². The molecule has 0 aliphatic carbocycles. The van der Waals surface area contributed by atoms with E-state index in [4.69, 9.17) is 11.5 Å². The maximum Gasteiger partial charge on any atom is 0.245 e. The molecule has 4 amide bonds. The summed E-state index contributed by atoms with van der Waals surface area (Å²) < 4.78 is 0. The van der Waals surface area contributed by atoms with Crippen LogP contribution >= 0.6 is 0 Å². The van der Waals surface area contributed by atoms with E-state index in [2.05, 4.69) is 20.9 Å². The number of carbonyl (C=O) groups excluding carboxylic acids is 4. The number of hydrogen-bond donors (Lipinski definition) is 7. The van der Waals surface area contributed by atoms with Crippen molar-refractivity contribution in [2.45, 2.75) is 31.0 Å². The van der Waals surface area contributed by atoms with E-state index in [1.165, 1.54) is 0 Å². The molecule has 1 aromatic heterocycles. The highest BCUT2D eigenvalue weighted by Crippen LogP contribution is 2.19. The topological polar surface area (TPSA) is 192 Å². The lowest BCUT2D eigenvalue weighted by Gasteiger charge is -2.23. The fourth-order valence-corrected chi connectivity index (χ4v) is 3.73. The summed E-state index contributed by atoms with van der Waals surface area (Å²) in [4.78, 5) is 52.4. The molecule has 3 rings (SSSR count). The second-order valence-electron chi connectivity index (χ2n) is 8.35. The predicted molar refractivity (Wildman–Crippen MR) is 133 cm³/mol. The molecule has 1 heterocycles. The number of aliphatic hydroxyl groups is 1. The van der Waals surface area contributed by atoms with E-state index < -0.39 is 54.9 Å². The molecule has 0 saturated heterocycles. The van der Waals surface area contributed by atoms with Crippen molar-refractivity contribution >= 4 is 34.5 Å². The first-order valence-electron chi connectivity index (χ1n) is 11.4. The third-order valence-corrected chi connectivity index (χ3v) is 5.62. The highest BCUT2D eigenvalue weighted by Gasteiger charge is 2.29. The number of primary amides is 1. The van der Waals surface area contributed by atoms with Crippen molar-refractivity contribution in [1.29, 1.82) is 0 Å². The summed E-state index contributed by atoms with van der Waals surface area (Å²) in [5.41, 5.74) is 13.6. The van der Waals surface area contributed by atoms with Gasteiger partial charge in [0.1, 0.15) is 12.1 Å². The Kier molecular flexibility index (Phi) is 9.14. The lowest BCUT2D eigenvalue weighted by Crippen LogP contribution is -2.57. The standard InChI is InChI=1S/C25H30N6O5/c26-18(10-15-6-2-1-3-7-15)23(34)30-20(11-16-12-28-19-9-5-4-8-17(16)19)25(36)31-21(14-32)24(35)29-13-22(27)33/h1-9,12,18,20-21,28,32H,10-11,13-14,26H2,(H2,27,33)(H,29,35)(H,30,34)(H,31,36)/t18-,20-,21-/m0/s1. The number of nitrogens with one attached hydrogen (secondary N) is 4. The Balaban J connectivity index is 1.77. The molecule has 0 fully saturated rings. The molecule has 36 heavy (non-hydrogen) atoms. The van der Waals surface area contributed by atoms with Crippen LogP contribution in [0.25, 0.3) is 10.9 Å². The molecule has 0 aliphatic heterocycles. The lowest BCUT2D eigenvalue weighted by atomic mass is 10.0. The van der Waals surface area contributed by atoms with Crippen molar-refractivity contribution in [3.8, 4) is 0 Å². The number of para-hydroxylation sites is 1. The van der Waals surface area contributed by atoms with Crippen LogP contribution in [0, 0.1) is 0 Å². The minimum atomic E-state index is -1.35. The first kappa shape index (κ1) is 26.4. The van der Waals surface area contributed by atoms with Crippen LogP contribution < -0.4 is 27.4 Å². The van der Waals surface area contributed by atoms with Crippen LogP contribution in [0.2, 0.25) is 0 Å². The van der Waals surface area contributed by atoms with Gasteiger partial charge < -0.3 is 37.5 Å². The zero-order valence-corrected chi connectivity index (χ0v) is 19.6. The van der Waals surface area contributed by atoms with Gasteiger partial charge in [0.2, 0.25) is 23.6 Å². The van der Waals surface area contributed by atoms with Gasteiger partial charge in [-0.25, -0.2) is 0 Å². The van der Waals surface area contributed by atoms with Crippen molar-refractivity contribution in [3.63, 3.8) is 0 Å². The Morgan fingerprint density at radius 2 is 1.53 bits per heavy atom. The quantitative estimate of drug-likeness (QED) is 0.166. The van der Waals surface area contributed by atoms with Gasteiger partial charge in [-0.3, -0.25) is 19.2 Å². The highest BCUT2D eigenvalue weighted by atomic mass is 16.3. The van der Waals surface area contributed by atoms with Crippen LogP contribution in [-0.2, 0) is 32.0 Å². The average molecular weight is 495 g/mol. The lowest BCUT2D eigenvalue weighted by molar-refractivity contribution is -0.133. The van der Waals surface area contributed by atoms with Gasteiger partial charge >= 0.3 is 0 Å². The summed E-state index contributed by atoms with van der Waals surface area (Å²) in [5.74, 6) is -2.81. The molecular weight excluding hydrogens is 464 g/mol. The third-order valence-electron chi connectivity index (χ3n) is 5.62. The molecule has 3 atom stereocenters. The number of rotatable bonds is 12. The Hall–Kier alpha value is -4.22. The van der Waals surface area contributed by atoms with E-state index in [1.807, 2.05) is 54.6 Å². The summed E-state index contributed by atoms with van der Waals surface area (Å²) in [6.45, 7) is -1.17. The van der Waals surface area contributed by atoms with Crippen LogP contribution in [0.15, 0.2) is 60.8 Å². The normalized spacial score (nSPS) is 13.4. The summed E-state index contributed by atoms with van der Waals surface area (Å²) >= 11 is 0. The Labute approximate surface area is 207 Å². The molecule has 3 aromatic rings. The number of hydrogen-bond acceptors (Lipinski definition) is 6.